The van der Waals surface area contributed by atoms with Crippen molar-refractivity contribution in [3.63, 3.8) is 0 Å². The molecule has 74 valence electrons. The third kappa shape index (κ3) is 2.25. The smallest absolute Gasteiger partial charge is 0.241 e. The van der Waals surface area contributed by atoms with E-state index in [-0.39, 0.29) is 0 Å². The number of nitrogens with zero attached hydrogens (tertiary/aromatic N) is 2. The van der Waals surface area contributed by atoms with Crippen LogP contribution in [-0.4, -0.2) is 19.9 Å². The van der Waals surface area contributed by atoms with Gasteiger partial charge in [0.25, 0.3) is 10.0 Å². The van der Waals surface area contributed by atoms with Gasteiger partial charge in [0.15, 0.2) is 5.82 Å². The number of rotatable bonds is 3. The Balaban J connectivity index is 3.06. The molecule has 1 aromatic heterocycles. The zero-order valence-corrected chi connectivity index (χ0v) is 7.75. The molecule has 0 amide bonds. The summed E-state index contributed by atoms with van der Waals surface area (Å²) in [5.41, 5.74) is 0. The highest BCUT2D eigenvalue weighted by Gasteiger charge is 2.19. The Labute approximate surface area is 80.2 Å². The molecule has 0 saturated heterocycles. The minimum absolute atomic E-state index is 0.418. The minimum atomic E-state index is -4.01. The largest absolute Gasteiger partial charge is 0.261 e. The Morgan fingerprint density at radius 2 is 2.36 bits per heavy atom. The zero-order chi connectivity index (χ0) is 10.6. The Hall–Kier alpha value is -1.52. The van der Waals surface area contributed by atoms with E-state index in [4.69, 9.17) is 5.26 Å². The van der Waals surface area contributed by atoms with E-state index in [0.29, 0.717) is 0 Å². The Bertz CT molecular complexity index is 466. The number of aromatic nitrogens is 1. The van der Waals surface area contributed by atoms with Gasteiger partial charge in [-0.1, -0.05) is 0 Å². The van der Waals surface area contributed by atoms with Crippen molar-refractivity contribution < 1.29 is 12.8 Å². The van der Waals surface area contributed by atoms with E-state index in [9.17, 15) is 12.8 Å². The van der Waals surface area contributed by atoms with Crippen LogP contribution in [0.4, 0.5) is 4.39 Å². The van der Waals surface area contributed by atoms with Crippen molar-refractivity contribution in [2.45, 2.75) is 5.03 Å². The fourth-order valence-corrected chi connectivity index (χ4v) is 1.68. The predicted octanol–water partition coefficient (Wildman–Crippen LogP) is 0.0226. The van der Waals surface area contributed by atoms with E-state index >= 15 is 0 Å². The highest BCUT2D eigenvalue weighted by molar-refractivity contribution is 7.89. The van der Waals surface area contributed by atoms with Crippen molar-refractivity contribution in [2.24, 2.45) is 0 Å². The summed E-state index contributed by atoms with van der Waals surface area (Å²) in [7, 11) is -4.01. The Morgan fingerprint density at radius 3 is 2.93 bits per heavy atom. The molecule has 0 unspecified atom stereocenters. The Morgan fingerprint density at radius 1 is 1.64 bits per heavy atom. The van der Waals surface area contributed by atoms with Crippen LogP contribution in [0.2, 0.25) is 0 Å². The van der Waals surface area contributed by atoms with Crippen LogP contribution in [0, 0.1) is 17.1 Å². The summed E-state index contributed by atoms with van der Waals surface area (Å²) in [4.78, 5) is 3.37. The van der Waals surface area contributed by atoms with E-state index in [1.807, 2.05) is 4.72 Å². The molecule has 0 aliphatic rings. The van der Waals surface area contributed by atoms with Gasteiger partial charge < -0.3 is 0 Å². The molecular formula is C7H6FN3O2S. The van der Waals surface area contributed by atoms with Crippen LogP contribution in [0.5, 0.6) is 0 Å². The highest BCUT2D eigenvalue weighted by Crippen LogP contribution is 2.08. The average Bonchev–Trinajstić information content (AvgIpc) is 2.15. The molecule has 0 aromatic carbocycles. The first-order chi connectivity index (χ1) is 6.58. The molecule has 0 atom stereocenters. The zero-order valence-electron chi connectivity index (χ0n) is 6.94. The number of hydrogen-bond donors (Lipinski definition) is 1. The fraction of sp³-hybridized carbons (Fsp3) is 0.143. The number of halogens is 1. The summed E-state index contributed by atoms with van der Waals surface area (Å²) in [5.74, 6) is -0.946. The second-order valence-corrected chi connectivity index (χ2v) is 3.96. The van der Waals surface area contributed by atoms with Crippen LogP contribution in [0.1, 0.15) is 0 Å². The maximum absolute atomic E-state index is 12.9. The van der Waals surface area contributed by atoms with Crippen molar-refractivity contribution in [3.05, 3.63) is 24.1 Å². The molecule has 0 radical (unpaired) electrons. The lowest BCUT2D eigenvalue weighted by atomic mass is 10.5. The third-order valence-corrected chi connectivity index (χ3v) is 2.65. The molecule has 1 aromatic rings. The molecule has 0 saturated carbocycles. The molecule has 0 aliphatic carbocycles. The minimum Gasteiger partial charge on any atom is -0.241 e. The van der Waals surface area contributed by atoms with Gasteiger partial charge in [-0.2, -0.15) is 9.98 Å². The first-order valence-corrected chi connectivity index (χ1v) is 5.03. The first kappa shape index (κ1) is 10.6. The highest BCUT2D eigenvalue weighted by atomic mass is 32.2. The van der Waals surface area contributed by atoms with E-state index in [1.54, 1.807) is 6.07 Å². The molecule has 0 spiro atoms. The number of nitriles is 1. The van der Waals surface area contributed by atoms with E-state index in [2.05, 4.69) is 4.98 Å². The summed E-state index contributed by atoms with van der Waals surface area (Å²) in [5, 5.41) is 7.46. The van der Waals surface area contributed by atoms with Crippen molar-refractivity contribution in [3.8, 4) is 6.07 Å². The van der Waals surface area contributed by atoms with Gasteiger partial charge in [-0.05, 0) is 12.1 Å². The summed E-state index contributed by atoms with van der Waals surface area (Å²) >= 11 is 0. The van der Waals surface area contributed by atoms with Crippen molar-refractivity contribution in [2.75, 3.05) is 6.54 Å². The standard InChI is InChI=1S/C7H6FN3O2S/c8-6-2-1-4-10-7(6)14(12,13)11-5-3-9/h1-2,4,11H,5H2. The first-order valence-electron chi connectivity index (χ1n) is 3.55. The molecule has 14 heavy (non-hydrogen) atoms. The second kappa shape index (κ2) is 4.13. The molecule has 0 fully saturated rings. The second-order valence-electron chi connectivity index (χ2n) is 2.27. The van der Waals surface area contributed by atoms with Crippen molar-refractivity contribution in [1.29, 1.82) is 5.26 Å². The molecule has 1 rings (SSSR count). The Kier molecular flexibility index (Phi) is 3.11. The quantitative estimate of drug-likeness (QED) is 0.720. The van der Waals surface area contributed by atoms with Crippen molar-refractivity contribution in [1.82, 2.24) is 9.71 Å². The van der Waals surface area contributed by atoms with Crippen LogP contribution >= 0.6 is 0 Å². The van der Waals surface area contributed by atoms with E-state index < -0.39 is 27.4 Å². The lowest BCUT2D eigenvalue weighted by Crippen LogP contribution is -2.25. The molecule has 1 heterocycles. The van der Waals surface area contributed by atoms with Crippen LogP contribution in [0.3, 0.4) is 0 Å². The van der Waals surface area contributed by atoms with Crippen LogP contribution < -0.4 is 4.72 Å². The molecule has 0 aliphatic heterocycles. The predicted molar refractivity (Wildman–Crippen MR) is 45.0 cm³/mol. The third-order valence-electron chi connectivity index (χ3n) is 1.32. The summed E-state index contributed by atoms with van der Waals surface area (Å²) in [6.45, 7) is -0.418. The normalized spacial score (nSPS) is 10.9. The number of nitrogens with one attached hydrogen (secondary N) is 1. The summed E-state index contributed by atoms with van der Waals surface area (Å²) in [6.07, 6.45) is 1.16. The fourth-order valence-electron chi connectivity index (χ4n) is 0.765. The molecule has 1 N–H and O–H groups in total. The van der Waals surface area contributed by atoms with Gasteiger partial charge in [-0.25, -0.2) is 17.8 Å². The van der Waals surface area contributed by atoms with Gasteiger partial charge in [0.2, 0.25) is 5.03 Å². The lowest BCUT2D eigenvalue weighted by Gasteiger charge is -2.02. The maximum Gasteiger partial charge on any atom is 0.261 e. The van der Waals surface area contributed by atoms with Gasteiger partial charge in [-0.15, -0.1) is 0 Å². The average molecular weight is 215 g/mol. The van der Waals surface area contributed by atoms with Gasteiger partial charge in [0.05, 0.1) is 12.6 Å². The van der Waals surface area contributed by atoms with Gasteiger partial charge in [0, 0.05) is 6.20 Å². The summed E-state index contributed by atoms with van der Waals surface area (Å²) in [6, 6.07) is 3.83. The number of hydrogen-bond acceptors (Lipinski definition) is 4. The van der Waals surface area contributed by atoms with Crippen molar-refractivity contribution >= 4 is 10.0 Å². The number of sulfonamides is 1. The molecule has 5 nitrogen and oxygen atoms in total. The van der Waals surface area contributed by atoms with Gasteiger partial charge in [0.1, 0.15) is 0 Å². The van der Waals surface area contributed by atoms with E-state index in [1.165, 1.54) is 6.07 Å². The maximum atomic E-state index is 12.9. The van der Waals surface area contributed by atoms with Crippen LogP contribution in [-0.2, 0) is 10.0 Å². The topological polar surface area (TPSA) is 82.9 Å². The lowest BCUT2D eigenvalue weighted by molar-refractivity contribution is 0.547. The van der Waals surface area contributed by atoms with Gasteiger partial charge in [-0.3, -0.25) is 0 Å². The molecule has 7 heteroatoms. The van der Waals surface area contributed by atoms with Crippen LogP contribution in [0.25, 0.3) is 0 Å². The van der Waals surface area contributed by atoms with Crippen LogP contribution in [0.15, 0.2) is 23.4 Å². The monoisotopic (exact) mass is 215 g/mol. The number of pyridine rings is 1. The van der Waals surface area contributed by atoms with Gasteiger partial charge >= 0.3 is 0 Å². The molecule has 0 bridgehead atoms. The SMILES string of the molecule is N#CCNS(=O)(=O)c1ncccc1F. The molecular weight excluding hydrogens is 209 g/mol. The van der Waals surface area contributed by atoms with E-state index in [0.717, 1.165) is 12.3 Å². The summed E-state index contributed by atoms with van der Waals surface area (Å²) < 4.78 is 37.3.